The largest absolute Gasteiger partial charge is 0.463 e. The summed E-state index contributed by atoms with van der Waals surface area (Å²) in [7, 11) is 3.67. The van der Waals surface area contributed by atoms with E-state index in [1.54, 1.807) is 30.4 Å². The lowest BCUT2D eigenvalue weighted by atomic mass is 10.2. The van der Waals surface area contributed by atoms with E-state index in [1.165, 1.54) is 4.57 Å². The Balaban J connectivity index is 1.97. The van der Waals surface area contributed by atoms with Crippen molar-refractivity contribution in [3.05, 3.63) is 22.7 Å². The van der Waals surface area contributed by atoms with Crippen LogP contribution < -0.4 is 5.69 Å². The van der Waals surface area contributed by atoms with Crippen LogP contribution in [0.3, 0.4) is 0 Å². The number of carbonyl (C=O) groups is 1. The fourth-order valence-electron chi connectivity index (χ4n) is 2.17. The van der Waals surface area contributed by atoms with Gasteiger partial charge in [0, 0.05) is 26.7 Å². The Kier molecular flexibility index (Phi) is 5.86. The molecule has 1 fully saturated rings. The van der Waals surface area contributed by atoms with E-state index in [4.69, 9.17) is 9.47 Å². The maximum absolute atomic E-state index is 12.1. The lowest BCUT2D eigenvalue weighted by molar-refractivity contribution is -0.148. The van der Waals surface area contributed by atoms with Gasteiger partial charge in [0.1, 0.15) is 12.8 Å². The molecule has 8 heteroatoms. The first-order chi connectivity index (χ1) is 11.0. The minimum Gasteiger partial charge on any atom is -0.463 e. The Morgan fingerprint density at radius 2 is 2.35 bits per heavy atom. The maximum Gasteiger partial charge on any atom is 0.351 e. The Morgan fingerprint density at radius 1 is 1.57 bits per heavy atom. The second-order valence-electron chi connectivity index (χ2n) is 5.51. The molecule has 0 bridgehead atoms. The minimum atomic E-state index is -0.408. The molecule has 2 heterocycles. The molecule has 1 aliphatic rings. The fourth-order valence-corrected chi connectivity index (χ4v) is 2.17. The Morgan fingerprint density at radius 3 is 3.00 bits per heavy atom. The van der Waals surface area contributed by atoms with Crippen molar-refractivity contribution in [1.29, 1.82) is 0 Å². The molecule has 0 aliphatic carbocycles. The first kappa shape index (κ1) is 17.1. The predicted octanol–water partition coefficient (Wildman–Crippen LogP) is 1.10. The van der Waals surface area contributed by atoms with Crippen LogP contribution in [-0.4, -0.2) is 53.6 Å². The molecule has 0 N–H and O–H groups in total. The lowest BCUT2D eigenvalue weighted by Crippen LogP contribution is -2.27. The number of hydrogen-bond acceptors (Lipinski definition) is 6. The van der Waals surface area contributed by atoms with E-state index >= 15 is 0 Å². The number of ether oxygens (including phenoxy) is 2. The second-order valence-corrected chi connectivity index (χ2v) is 5.51. The van der Waals surface area contributed by atoms with Crippen molar-refractivity contribution in [2.45, 2.75) is 38.5 Å². The number of carbonyl (C=O) groups excluding carboxylic acids is 1. The molecule has 126 valence electrons. The highest BCUT2D eigenvalue weighted by molar-refractivity contribution is 5.68. The second kappa shape index (κ2) is 7.87. The van der Waals surface area contributed by atoms with Gasteiger partial charge in [0.15, 0.2) is 5.82 Å². The fraction of sp³-hybridized carbons (Fsp3) is 0.600. The monoisotopic (exact) mass is 322 g/mol. The molecule has 0 amide bonds. The average Bonchev–Trinajstić information content (AvgIpc) is 2.99. The van der Waals surface area contributed by atoms with Crippen LogP contribution >= 0.6 is 0 Å². The summed E-state index contributed by atoms with van der Waals surface area (Å²) in [5.74, 6) is 0.102. The van der Waals surface area contributed by atoms with E-state index in [0.717, 1.165) is 6.42 Å². The van der Waals surface area contributed by atoms with Crippen molar-refractivity contribution in [2.24, 2.45) is 4.99 Å². The number of esters is 1. The van der Waals surface area contributed by atoms with E-state index < -0.39 is 5.69 Å². The molecule has 2 rings (SSSR count). The smallest absolute Gasteiger partial charge is 0.351 e. The van der Waals surface area contributed by atoms with Gasteiger partial charge in [-0.2, -0.15) is 4.98 Å². The third-order valence-electron chi connectivity index (χ3n) is 3.35. The van der Waals surface area contributed by atoms with Crippen molar-refractivity contribution in [3.8, 4) is 0 Å². The van der Waals surface area contributed by atoms with Gasteiger partial charge < -0.3 is 14.4 Å². The highest BCUT2D eigenvalue weighted by Gasteiger charge is 2.28. The molecule has 0 unspecified atom stereocenters. The Labute approximate surface area is 134 Å². The van der Waals surface area contributed by atoms with Crippen LogP contribution in [0, 0.1) is 0 Å². The first-order valence-corrected chi connectivity index (χ1v) is 7.60. The molecule has 1 aromatic rings. The third kappa shape index (κ3) is 4.88. The highest BCUT2D eigenvalue weighted by atomic mass is 16.6. The van der Waals surface area contributed by atoms with Crippen LogP contribution in [0.25, 0.3) is 0 Å². The van der Waals surface area contributed by atoms with Gasteiger partial charge in [0.25, 0.3) is 0 Å². The Hall–Kier alpha value is -2.22. The average molecular weight is 322 g/mol. The molecular formula is C15H22N4O4. The number of rotatable bonds is 6. The molecule has 1 aromatic heterocycles. The molecule has 1 aliphatic heterocycles. The number of aromatic nitrogens is 2. The van der Waals surface area contributed by atoms with E-state index in [0.29, 0.717) is 18.7 Å². The lowest BCUT2D eigenvalue weighted by Gasteiger charge is -2.15. The van der Waals surface area contributed by atoms with Crippen molar-refractivity contribution in [2.75, 3.05) is 20.7 Å². The topological polar surface area (TPSA) is 86.0 Å². The van der Waals surface area contributed by atoms with Crippen LogP contribution in [0.15, 0.2) is 22.1 Å². The molecule has 1 saturated heterocycles. The molecule has 0 spiro atoms. The summed E-state index contributed by atoms with van der Waals surface area (Å²) in [4.78, 5) is 33.0. The zero-order chi connectivity index (χ0) is 16.8. The quantitative estimate of drug-likeness (QED) is 0.443. The van der Waals surface area contributed by atoms with Gasteiger partial charge in [0.05, 0.1) is 12.4 Å². The zero-order valence-electron chi connectivity index (χ0n) is 13.6. The number of aliphatic imine (C=N–C) groups is 1. The summed E-state index contributed by atoms with van der Waals surface area (Å²) in [6.07, 6.45) is 4.39. The van der Waals surface area contributed by atoms with E-state index in [1.807, 2.05) is 14.1 Å². The molecule has 0 aromatic carbocycles. The van der Waals surface area contributed by atoms with Crippen LogP contribution in [0.2, 0.25) is 0 Å². The van der Waals surface area contributed by atoms with Crippen molar-refractivity contribution >= 4 is 18.1 Å². The van der Waals surface area contributed by atoms with E-state index in [2.05, 4.69) is 9.98 Å². The van der Waals surface area contributed by atoms with Crippen LogP contribution in [0.4, 0.5) is 5.82 Å². The van der Waals surface area contributed by atoms with Gasteiger partial charge in [-0.05, 0) is 18.9 Å². The molecule has 23 heavy (non-hydrogen) atoms. The molecule has 0 radical (unpaired) electrons. The van der Waals surface area contributed by atoms with Crippen molar-refractivity contribution in [3.63, 3.8) is 0 Å². The molecule has 0 saturated carbocycles. The predicted molar refractivity (Wildman–Crippen MR) is 84.7 cm³/mol. The van der Waals surface area contributed by atoms with Gasteiger partial charge in [-0.1, -0.05) is 6.92 Å². The SMILES string of the molecule is CCC(=O)OC[C@@H]1CC[C@H](n2ccc(N=CN(C)C)nc2=O)O1. The van der Waals surface area contributed by atoms with Crippen molar-refractivity contribution in [1.82, 2.24) is 14.5 Å². The van der Waals surface area contributed by atoms with Crippen LogP contribution in [0.1, 0.15) is 32.4 Å². The summed E-state index contributed by atoms with van der Waals surface area (Å²) >= 11 is 0. The van der Waals surface area contributed by atoms with Gasteiger partial charge in [-0.3, -0.25) is 9.36 Å². The van der Waals surface area contributed by atoms with Crippen LogP contribution in [0.5, 0.6) is 0 Å². The number of hydrogen-bond donors (Lipinski definition) is 0. The summed E-state index contributed by atoms with van der Waals surface area (Å²) in [6, 6.07) is 1.66. The molecule has 2 atom stereocenters. The first-order valence-electron chi connectivity index (χ1n) is 7.60. The van der Waals surface area contributed by atoms with Gasteiger partial charge in [0.2, 0.25) is 0 Å². The molecular weight excluding hydrogens is 300 g/mol. The summed E-state index contributed by atoms with van der Waals surface area (Å²) in [6.45, 7) is 1.96. The molecule has 8 nitrogen and oxygen atoms in total. The Bertz CT molecular complexity index is 626. The summed E-state index contributed by atoms with van der Waals surface area (Å²) in [5.41, 5.74) is -0.408. The van der Waals surface area contributed by atoms with Gasteiger partial charge >= 0.3 is 11.7 Å². The number of nitrogens with zero attached hydrogens (tertiary/aromatic N) is 4. The summed E-state index contributed by atoms with van der Waals surface area (Å²) < 4.78 is 12.3. The van der Waals surface area contributed by atoms with Crippen LogP contribution in [-0.2, 0) is 14.3 Å². The standard InChI is InChI=1S/C15H22N4O4/c1-4-14(20)22-9-11-5-6-13(23-11)19-8-7-12(17-15(19)21)16-10-18(2)3/h7-8,10-11,13H,4-6,9H2,1-3H3/t11-,13+/m0/s1. The van der Waals surface area contributed by atoms with E-state index in [9.17, 15) is 9.59 Å². The third-order valence-corrected chi connectivity index (χ3v) is 3.35. The van der Waals surface area contributed by atoms with E-state index in [-0.39, 0.29) is 24.9 Å². The van der Waals surface area contributed by atoms with Crippen molar-refractivity contribution < 1.29 is 14.3 Å². The normalized spacial score (nSPS) is 20.8. The minimum absolute atomic E-state index is 0.186. The van der Waals surface area contributed by atoms with Gasteiger partial charge in [-0.25, -0.2) is 9.79 Å². The highest BCUT2D eigenvalue weighted by Crippen LogP contribution is 2.27. The van der Waals surface area contributed by atoms with Gasteiger partial charge in [-0.15, -0.1) is 0 Å². The maximum atomic E-state index is 12.1. The summed E-state index contributed by atoms with van der Waals surface area (Å²) in [5, 5.41) is 0. The zero-order valence-corrected chi connectivity index (χ0v) is 13.6.